The second-order valence-electron chi connectivity index (χ2n) is 5.60. The van der Waals surface area contributed by atoms with Gasteiger partial charge in [-0.25, -0.2) is 9.37 Å². The summed E-state index contributed by atoms with van der Waals surface area (Å²) in [4.78, 5) is 20.1. The lowest BCUT2D eigenvalue weighted by molar-refractivity contribution is 0.102. The van der Waals surface area contributed by atoms with E-state index in [4.69, 9.17) is 0 Å². The number of anilines is 1. The first kappa shape index (κ1) is 16.6. The van der Waals surface area contributed by atoms with Gasteiger partial charge < -0.3 is 10.3 Å². The molecule has 2 aromatic carbocycles. The largest absolute Gasteiger partial charge is 0.342 e. The minimum Gasteiger partial charge on any atom is -0.342 e. The lowest BCUT2D eigenvalue weighted by Crippen LogP contribution is -2.12. The maximum absolute atomic E-state index is 13.3. The Morgan fingerprint density at radius 3 is 2.92 bits per heavy atom. The highest BCUT2D eigenvalue weighted by Gasteiger charge is 2.12. The van der Waals surface area contributed by atoms with Gasteiger partial charge in [0.15, 0.2) is 0 Å². The van der Waals surface area contributed by atoms with Gasteiger partial charge in [-0.2, -0.15) is 0 Å². The van der Waals surface area contributed by atoms with E-state index in [1.807, 2.05) is 12.1 Å². The van der Waals surface area contributed by atoms with Crippen molar-refractivity contribution in [1.29, 1.82) is 0 Å². The van der Waals surface area contributed by atoms with Gasteiger partial charge in [-0.3, -0.25) is 4.79 Å². The number of aromatic nitrogens is 2. The molecule has 0 aliphatic rings. The molecule has 0 aliphatic heterocycles. The average Bonchev–Trinajstić information content (AvgIpc) is 2.97. The van der Waals surface area contributed by atoms with Gasteiger partial charge in [0.2, 0.25) is 0 Å². The summed E-state index contributed by atoms with van der Waals surface area (Å²) in [7, 11) is 0. The summed E-state index contributed by atoms with van der Waals surface area (Å²) in [5.41, 5.74) is 2.63. The molecule has 6 heteroatoms. The molecule has 2 N–H and O–H groups in total. The fourth-order valence-corrected chi connectivity index (χ4v) is 2.90. The van der Waals surface area contributed by atoms with Gasteiger partial charge >= 0.3 is 0 Å². The number of unbranched alkanes of at least 4 members (excludes halogenated alkanes) is 1. The number of benzene rings is 2. The average molecular weight is 390 g/mol. The number of nitrogens with zero attached hydrogens (tertiary/aromatic N) is 1. The summed E-state index contributed by atoms with van der Waals surface area (Å²) < 4.78 is 13.9. The third-order valence-corrected chi connectivity index (χ3v) is 4.42. The molecule has 0 saturated carbocycles. The van der Waals surface area contributed by atoms with Crippen molar-refractivity contribution in [2.75, 3.05) is 5.32 Å². The van der Waals surface area contributed by atoms with Crippen molar-refractivity contribution in [3.8, 4) is 0 Å². The van der Waals surface area contributed by atoms with Gasteiger partial charge in [0, 0.05) is 16.6 Å². The second kappa shape index (κ2) is 7.13. The Morgan fingerprint density at radius 2 is 2.12 bits per heavy atom. The van der Waals surface area contributed by atoms with Crippen LogP contribution in [0.5, 0.6) is 0 Å². The van der Waals surface area contributed by atoms with Crippen molar-refractivity contribution in [1.82, 2.24) is 9.97 Å². The van der Waals surface area contributed by atoms with E-state index in [2.05, 4.69) is 38.1 Å². The second-order valence-corrected chi connectivity index (χ2v) is 6.45. The van der Waals surface area contributed by atoms with Crippen LogP contribution in [0.15, 0.2) is 40.9 Å². The lowest BCUT2D eigenvalue weighted by Gasteiger charge is -2.07. The van der Waals surface area contributed by atoms with Crippen LogP contribution in [0.2, 0.25) is 0 Å². The Hall–Kier alpha value is -2.21. The highest BCUT2D eigenvalue weighted by atomic mass is 79.9. The van der Waals surface area contributed by atoms with Gasteiger partial charge in [-0.15, -0.1) is 0 Å². The molecule has 0 aliphatic carbocycles. The third-order valence-electron chi connectivity index (χ3n) is 3.73. The van der Waals surface area contributed by atoms with Gasteiger partial charge in [-0.1, -0.05) is 13.3 Å². The molecule has 0 spiro atoms. The maximum atomic E-state index is 13.3. The van der Waals surface area contributed by atoms with E-state index in [9.17, 15) is 9.18 Å². The summed E-state index contributed by atoms with van der Waals surface area (Å²) in [6.07, 6.45) is 3.10. The molecule has 3 rings (SSSR count). The number of hydrogen-bond donors (Lipinski definition) is 2. The van der Waals surface area contributed by atoms with E-state index < -0.39 is 5.82 Å². The predicted molar refractivity (Wildman–Crippen MR) is 96.8 cm³/mol. The summed E-state index contributed by atoms with van der Waals surface area (Å²) in [6, 6.07) is 9.51. The number of nitrogens with one attached hydrogen (secondary N) is 2. The first-order valence-electron chi connectivity index (χ1n) is 7.82. The van der Waals surface area contributed by atoms with E-state index in [1.54, 1.807) is 6.07 Å². The molecular formula is C18H17BrFN3O. The van der Waals surface area contributed by atoms with Crippen molar-refractivity contribution < 1.29 is 9.18 Å². The van der Waals surface area contributed by atoms with Crippen LogP contribution in [0.1, 0.15) is 35.9 Å². The fourth-order valence-electron chi connectivity index (χ4n) is 2.47. The molecule has 124 valence electrons. The molecule has 0 saturated heterocycles. The topological polar surface area (TPSA) is 57.8 Å². The number of imidazole rings is 1. The van der Waals surface area contributed by atoms with Crippen LogP contribution in [0.25, 0.3) is 11.0 Å². The highest BCUT2D eigenvalue weighted by Crippen LogP contribution is 2.22. The van der Waals surface area contributed by atoms with Crippen LogP contribution in [0.3, 0.4) is 0 Å². The standard InChI is InChI=1S/C18H17BrFN3O/c1-2-3-4-17-22-15-8-6-12(10-16(15)23-17)21-18(24)13-9-11(20)5-7-14(13)19/h5-10H,2-4H2,1H3,(H,21,24)(H,22,23). The first-order valence-corrected chi connectivity index (χ1v) is 8.61. The van der Waals surface area contributed by atoms with E-state index in [1.165, 1.54) is 18.2 Å². The number of carbonyl (C=O) groups is 1. The molecule has 1 amide bonds. The summed E-state index contributed by atoms with van der Waals surface area (Å²) in [5.74, 6) is 0.127. The number of hydrogen-bond acceptors (Lipinski definition) is 2. The molecule has 24 heavy (non-hydrogen) atoms. The molecule has 0 radical (unpaired) electrons. The van der Waals surface area contributed by atoms with Crippen LogP contribution in [-0.2, 0) is 6.42 Å². The third kappa shape index (κ3) is 3.64. The van der Waals surface area contributed by atoms with Crippen LogP contribution >= 0.6 is 15.9 Å². The van der Waals surface area contributed by atoms with Crippen LogP contribution in [0.4, 0.5) is 10.1 Å². The number of H-pyrrole nitrogens is 1. The lowest BCUT2D eigenvalue weighted by atomic mass is 10.2. The van der Waals surface area contributed by atoms with Gasteiger partial charge in [0.1, 0.15) is 11.6 Å². The normalized spacial score (nSPS) is 11.0. The monoisotopic (exact) mass is 389 g/mol. The highest BCUT2D eigenvalue weighted by molar-refractivity contribution is 9.10. The van der Waals surface area contributed by atoms with E-state index in [0.717, 1.165) is 36.1 Å². The van der Waals surface area contributed by atoms with Crippen molar-refractivity contribution >= 4 is 38.6 Å². The number of aryl methyl sites for hydroxylation is 1. The smallest absolute Gasteiger partial charge is 0.256 e. The minimum absolute atomic E-state index is 0.253. The van der Waals surface area contributed by atoms with Crippen molar-refractivity contribution in [2.24, 2.45) is 0 Å². The number of fused-ring (bicyclic) bond motifs is 1. The van der Waals surface area contributed by atoms with E-state index in [-0.39, 0.29) is 11.5 Å². The maximum Gasteiger partial charge on any atom is 0.256 e. The summed E-state index contributed by atoms with van der Waals surface area (Å²) in [6.45, 7) is 2.14. The zero-order chi connectivity index (χ0) is 17.1. The molecule has 1 heterocycles. The molecule has 0 unspecified atom stereocenters. The fraction of sp³-hybridized carbons (Fsp3) is 0.222. The summed E-state index contributed by atoms with van der Waals surface area (Å²) >= 11 is 3.27. The zero-order valence-corrected chi connectivity index (χ0v) is 14.8. The molecular weight excluding hydrogens is 373 g/mol. The van der Waals surface area contributed by atoms with Crippen LogP contribution in [-0.4, -0.2) is 15.9 Å². The van der Waals surface area contributed by atoms with Gasteiger partial charge in [-0.05, 0) is 58.7 Å². The Kier molecular flexibility index (Phi) is 4.94. The van der Waals surface area contributed by atoms with Crippen LogP contribution in [0, 0.1) is 5.82 Å². The molecule has 1 aromatic heterocycles. The Bertz CT molecular complexity index is 891. The number of rotatable bonds is 5. The van der Waals surface area contributed by atoms with E-state index >= 15 is 0 Å². The quantitative estimate of drug-likeness (QED) is 0.640. The van der Waals surface area contributed by atoms with Gasteiger partial charge in [0.25, 0.3) is 5.91 Å². The summed E-state index contributed by atoms with van der Waals surface area (Å²) in [5, 5.41) is 2.79. The van der Waals surface area contributed by atoms with Crippen molar-refractivity contribution in [3.05, 3.63) is 58.1 Å². The predicted octanol–water partition coefficient (Wildman–Crippen LogP) is 5.06. The molecule has 0 atom stereocenters. The minimum atomic E-state index is -0.451. The number of halogens is 2. The first-order chi connectivity index (χ1) is 11.6. The Morgan fingerprint density at radius 1 is 1.29 bits per heavy atom. The molecule has 3 aromatic rings. The number of aromatic amines is 1. The van der Waals surface area contributed by atoms with Crippen LogP contribution < -0.4 is 5.32 Å². The Balaban J connectivity index is 1.81. The Labute approximate surface area is 147 Å². The zero-order valence-electron chi connectivity index (χ0n) is 13.2. The molecule has 0 fully saturated rings. The molecule has 0 bridgehead atoms. The van der Waals surface area contributed by atoms with Gasteiger partial charge in [0.05, 0.1) is 16.6 Å². The van der Waals surface area contributed by atoms with Crippen molar-refractivity contribution in [2.45, 2.75) is 26.2 Å². The SMILES string of the molecule is CCCCc1nc2ccc(NC(=O)c3cc(F)ccc3Br)cc2[nH]1. The number of carbonyl (C=O) groups excluding carboxylic acids is 1. The van der Waals surface area contributed by atoms with Crippen molar-refractivity contribution in [3.63, 3.8) is 0 Å². The number of amides is 1. The van der Waals surface area contributed by atoms with E-state index in [0.29, 0.717) is 10.2 Å². The molecule has 4 nitrogen and oxygen atoms in total.